The minimum absolute atomic E-state index is 0.0561. The van der Waals surface area contributed by atoms with Gasteiger partial charge < -0.3 is 15.4 Å². The first kappa shape index (κ1) is 18.3. The van der Waals surface area contributed by atoms with Crippen molar-refractivity contribution in [2.75, 3.05) is 13.7 Å². The lowest BCUT2D eigenvalue weighted by atomic mass is 10.1. The first-order chi connectivity index (χ1) is 11.5. The summed E-state index contributed by atoms with van der Waals surface area (Å²) >= 11 is 2.18. The predicted molar refractivity (Wildman–Crippen MR) is 101 cm³/mol. The highest BCUT2D eigenvalue weighted by atomic mass is 127. The fourth-order valence-electron chi connectivity index (χ4n) is 2.00. The third kappa shape index (κ3) is 5.23. The maximum atomic E-state index is 12.0. The molecule has 2 aromatic rings. The van der Waals surface area contributed by atoms with Crippen LogP contribution >= 0.6 is 22.6 Å². The molecule has 6 heteroatoms. The molecule has 0 spiro atoms. The van der Waals surface area contributed by atoms with Crippen LogP contribution < -0.4 is 15.4 Å². The van der Waals surface area contributed by atoms with Crippen LogP contribution in [-0.4, -0.2) is 25.5 Å². The number of ether oxygens (including phenoxy) is 1. The van der Waals surface area contributed by atoms with Crippen LogP contribution in [0.2, 0.25) is 0 Å². The lowest BCUT2D eigenvalue weighted by molar-refractivity contribution is -0.120. The normalized spacial score (nSPS) is 10.1. The second-order valence-electron chi connectivity index (χ2n) is 5.27. The minimum Gasteiger partial charge on any atom is -0.497 e. The molecule has 0 aliphatic rings. The standard InChI is InChI=1S/C18H19IN2O3/c1-12-3-6-14(9-16(12)19)18(23)21-11-17(22)20-10-13-4-7-15(24-2)8-5-13/h3-9H,10-11H2,1-2H3,(H,20,22)(H,21,23). The molecule has 2 N–H and O–H groups in total. The van der Waals surface area contributed by atoms with E-state index in [1.165, 1.54) is 0 Å². The van der Waals surface area contributed by atoms with Crippen molar-refractivity contribution in [3.63, 3.8) is 0 Å². The first-order valence-electron chi connectivity index (χ1n) is 7.43. The van der Waals surface area contributed by atoms with Crippen molar-refractivity contribution >= 4 is 34.4 Å². The van der Waals surface area contributed by atoms with Gasteiger partial charge in [0.05, 0.1) is 13.7 Å². The van der Waals surface area contributed by atoms with Crippen LogP contribution in [0.4, 0.5) is 0 Å². The molecule has 0 unspecified atom stereocenters. The van der Waals surface area contributed by atoms with Gasteiger partial charge in [0, 0.05) is 15.7 Å². The monoisotopic (exact) mass is 438 g/mol. The molecule has 0 aliphatic carbocycles. The summed E-state index contributed by atoms with van der Waals surface area (Å²) in [7, 11) is 1.61. The van der Waals surface area contributed by atoms with E-state index in [0.717, 1.165) is 20.4 Å². The van der Waals surface area contributed by atoms with E-state index < -0.39 is 0 Å². The van der Waals surface area contributed by atoms with Gasteiger partial charge in [0.15, 0.2) is 0 Å². The van der Waals surface area contributed by atoms with Crippen LogP contribution in [0.3, 0.4) is 0 Å². The highest BCUT2D eigenvalue weighted by Crippen LogP contribution is 2.13. The molecule has 0 saturated carbocycles. The predicted octanol–water partition coefficient (Wildman–Crippen LogP) is 2.65. The number of halogens is 1. The van der Waals surface area contributed by atoms with Gasteiger partial charge in [-0.1, -0.05) is 18.2 Å². The lowest BCUT2D eigenvalue weighted by Crippen LogP contribution is -2.36. The summed E-state index contributed by atoms with van der Waals surface area (Å²) in [6.07, 6.45) is 0. The molecule has 0 bridgehead atoms. The molecular formula is C18H19IN2O3. The number of carbonyl (C=O) groups is 2. The summed E-state index contributed by atoms with van der Waals surface area (Å²) in [5.74, 6) is 0.276. The van der Waals surface area contributed by atoms with E-state index in [0.29, 0.717) is 12.1 Å². The highest BCUT2D eigenvalue weighted by molar-refractivity contribution is 14.1. The fourth-order valence-corrected chi connectivity index (χ4v) is 2.52. The second kappa shape index (κ2) is 8.68. The topological polar surface area (TPSA) is 67.4 Å². The second-order valence-corrected chi connectivity index (χ2v) is 6.43. The van der Waals surface area contributed by atoms with Gasteiger partial charge in [0.1, 0.15) is 5.75 Å². The molecular weight excluding hydrogens is 419 g/mol. The summed E-state index contributed by atoms with van der Waals surface area (Å²) < 4.78 is 6.10. The van der Waals surface area contributed by atoms with Crippen LogP contribution in [0.5, 0.6) is 5.75 Å². The van der Waals surface area contributed by atoms with E-state index in [4.69, 9.17) is 4.74 Å². The molecule has 126 valence electrons. The Hall–Kier alpha value is -2.09. The van der Waals surface area contributed by atoms with E-state index in [1.807, 2.05) is 37.3 Å². The maximum absolute atomic E-state index is 12.0. The molecule has 2 amide bonds. The zero-order chi connectivity index (χ0) is 17.5. The van der Waals surface area contributed by atoms with Crippen LogP contribution in [0.1, 0.15) is 21.5 Å². The summed E-state index contributed by atoms with van der Waals surface area (Å²) in [5.41, 5.74) is 2.63. The molecule has 0 heterocycles. The average Bonchev–Trinajstić information content (AvgIpc) is 2.60. The number of aryl methyl sites for hydroxylation is 1. The Balaban J connectivity index is 1.79. The molecule has 2 aromatic carbocycles. The van der Waals surface area contributed by atoms with Crippen LogP contribution in [-0.2, 0) is 11.3 Å². The molecule has 0 atom stereocenters. The lowest BCUT2D eigenvalue weighted by Gasteiger charge is -2.08. The summed E-state index contributed by atoms with van der Waals surface area (Å²) in [5, 5.41) is 5.39. The number of amides is 2. The summed E-state index contributed by atoms with van der Waals surface area (Å²) in [6.45, 7) is 2.33. The van der Waals surface area contributed by atoms with E-state index in [2.05, 4.69) is 33.2 Å². The molecule has 0 aliphatic heterocycles. The fraction of sp³-hybridized carbons (Fsp3) is 0.222. The van der Waals surface area contributed by atoms with Crippen molar-refractivity contribution in [2.45, 2.75) is 13.5 Å². The Morgan fingerprint density at radius 2 is 1.79 bits per heavy atom. The molecule has 2 rings (SSSR count). The van der Waals surface area contributed by atoms with Crippen LogP contribution in [0.15, 0.2) is 42.5 Å². The summed E-state index contributed by atoms with van der Waals surface area (Å²) in [4.78, 5) is 23.9. The van der Waals surface area contributed by atoms with Crippen molar-refractivity contribution in [3.8, 4) is 5.75 Å². The number of hydrogen-bond acceptors (Lipinski definition) is 3. The van der Waals surface area contributed by atoms with Gasteiger partial charge in [-0.3, -0.25) is 9.59 Å². The highest BCUT2D eigenvalue weighted by Gasteiger charge is 2.09. The molecule has 0 aromatic heterocycles. The Kier molecular flexibility index (Phi) is 6.60. The maximum Gasteiger partial charge on any atom is 0.251 e. The quantitative estimate of drug-likeness (QED) is 0.682. The molecule has 0 saturated heterocycles. The average molecular weight is 438 g/mol. The number of methoxy groups -OCH3 is 1. The van der Waals surface area contributed by atoms with E-state index in [9.17, 15) is 9.59 Å². The van der Waals surface area contributed by atoms with Gasteiger partial charge in [0.25, 0.3) is 5.91 Å². The minimum atomic E-state index is -0.257. The Labute approximate surface area is 154 Å². The van der Waals surface area contributed by atoms with Gasteiger partial charge in [-0.2, -0.15) is 0 Å². The SMILES string of the molecule is COc1ccc(CNC(=O)CNC(=O)c2ccc(C)c(I)c2)cc1. The number of carbonyl (C=O) groups excluding carboxylic acids is 2. The van der Waals surface area contributed by atoms with Gasteiger partial charge in [0.2, 0.25) is 5.91 Å². The largest absolute Gasteiger partial charge is 0.497 e. The number of rotatable bonds is 6. The van der Waals surface area contributed by atoms with Crippen LogP contribution in [0.25, 0.3) is 0 Å². The molecule has 0 radical (unpaired) electrons. The smallest absolute Gasteiger partial charge is 0.251 e. The zero-order valence-electron chi connectivity index (χ0n) is 13.6. The Morgan fingerprint density at radius 3 is 2.42 bits per heavy atom. The summed E-state index contributed by atoms with van der Waals surface area (Å²) in [6, 6.07) is 12.9. The van der Waals surface area contributed by atoms with Crippen molar-refractivity contribution in [1.29, 1.82) is 0 Å². The zero-order valence-corrected chi connectivity index (χ0v) is 15.7. The third-order valence-corrected chi connectivity index (χ3v) is 4.65. The van der Waals surface area contributed by atoms with Crippen molar-refractivity contribution < 1.29 is 14.3 Å². The van der Waals surface area contributed by atoms with Crippen molar-refractivity contribution in [2.24, 2.45) is 0 Å². The van der Waals surface area contributed by atoms with Gasteiger partial charge in [-0.05, 0) is 64.9 Å². The van der Waals surface area contributed by atoms with Gasteiger partial charge in [-0.25, -0.2) is 0 Å². The molecule has 0 fully saturated rings. The number of hydrogen-bond donors (Lipinski definition) is 2. The Morgan fingerprint density at radius 1 is 1.08 bits per heavy atom. The first-order valence-corrected chi connectivity index (χ1v) is 8.51. The molecule has 5 nitrogen and oxygen atoms in total. The van der Waals surface area contributed by atoms with E-state index in [-0.39, 0.29) is 18.4 Å². The number of benzene rings is 2. The van der Waals surface area contributed by atoms with Crippen molar-refractivity contribution in [1.82, 2.24) is 10.6 Å². The molecule has 24 heavy (non-hydrogen) atoms. The van der Waals surface area contributed by atoms with Gasteiger partial charge in [-0.15, -0.1) is 0 Å². The third-order valence-electron chi connectivity index (χ3n) is 3.49. The van der Waals surface area contributed by atoms with Crippen LogP contribution in [0, 0.1) is 10.5 Å². The van der Waals surface area contributed by atoms with E-state index in [1.54, 1.807) is 19.2 Å². The van der Waals surface area contributed by atoms with E-state index >= 15 is 0 Å². The van der Waals surface area contributed by atoms with Crippen molar-refractivity contribution in [3.05, 3.63) is 62.7 Å². The Bertz CT molecular complexity index is 730. The van der Waals surface area contributed by atoms with Gasteiger partial charge >= 0.3 is 0 Å². The number of nitrogens with one attached hydrogen (secondary N) is 2.